The first-order chi connectivity index (χ1) is 10.8. The zero-order valence-corrected chi connectivity index (χ0v) is 15.2. The summed E-state index contributed by atoms with van der Waals surface area (Å²) >= 11 is 1.63. The topological polar surface area (TPSA) is 51.2 Å². The van der Waals surface area contributed by atoms with Gasteiger partial charge in [-0.15, -0.1) is 11.3 Å². The zero-order valence-electron chi connectivity index (χ0n) is 14.4. The van der Waals surface area contributed by atoms with Crippen molar-refractivity contribution in [3.8, 4) is 5.75 Å². The normalized spacial score (nSPS) is 11.3. The van der Waals surface area contributed by atoms with Crippen LogP contribution in [0.15, 0.2) is 23.6 Å². The summed E-state index contributed by atoms with van der Waals surface area (Å²) in [4.78, 5) is 16.9. The molecule has 1 N–H and O–H groups in total. The van der Waals surface area contributed by atoms with Crippen molar-refractivity contribution < 1.29 is 9.53 Å². The van der Waals surface area contributed by atoms with Crippen molar-refractivity contribution in [2.24, 2.45) is 0 Å². The molecule has 0 bridgehead atoms. The molecule has 1 heterocycles. The van der Waals surface area contributed by atoms with E-state index in [0.29, 0.717) is 18.7 Å². The first-order valence-corrected chi connectivity index (χ1v) is 8.65. The number of carbonyl (C=O) groups excluding carboxylic acids is 1. The summed E-state index contributed by atoms with van der Waals surface area (Å²) in [5.41, 5.74) is 2.54. The molecule has 1 amide bonds. The number of aromatic nitrogens is 1. The standard InChI is InChI=1S/C18H24N2O2S/c1-6-22-15-8-7-13(9-12(15)2)16(21)19-10-14-11-23-17(20-14)18(3,4)5/h7-9,11H,6,10H2,1-5H3,(H,19,21). The van der Waals surface area contributed by atoms with Crippen LogP contribution in [0.3, 0.4) is 0 Å². The summed E-state index contributed by atoms with van der Waals surface area (Å²) in [6.45, 7) is 11.4. The van der Waals surface area contributed by atoms with Crippen LogP contribution in [0.25, 0.3) is 0 Å². The maximum Gasteiger partial charge on any atom is 0.251 e. The Labute approximate surface area is 141 Å². The van der Waals surface area contributed by atoms with Gasteiger partial charge >= 0.3 is 0 Å². The largest absolute Gasteiger partial charge is 0.494 e. The third-order valence-electron chi connectivity index (χ3n) is 3.36. The van der Waals surface area contributed by atoms with Gasteiger partial charge in [-0.2, -0.15) is 0 Å². The summed E-state index contributed by atoms with van der Waals surface area (Å²) in [5, 5.41) is 6.01. The molecule has 2 aromatic rings. The second kappa shape index (κ2) is 7.13. The molecule has 5 heteroatoms. The number of nitrogens with one attached hydrogen (secondary N) is 1. The van der Waals surface area contributed by atoms with Gasteiger partial charge in [-0.05, 0) is 37.6 Å². The minimum Gasteiger partial charge on any atom is -0.494 e. The van der Waals surface area contributed by atoms with Crippen LogP contribution < -0.4 is 10.1 Å². The van der Waals surface area contributed by atoms with Crippen molar-refractivity contribution in [1.82, 2.24) is 10.3 Å². The molecule has 2 rings (SSSR count). The molecule has 124 valence electrons. The summed E-state index contributed by atoms with van der Waals surface area (Å²) in [7, 11) is 0. The molecular weight excluding hydrogens is 308 g/mol. The Hall–Kier alpha value is -1.88. The quantitative estimate of drug-likeness (QED) is 0.897. The third-order valence-corrected chi connectivity index (χ3v) is 4.68. The minimum absolute atomic E-state index is 0.0408. The van der Waals surface area contributed by atoms with Crippen molar-refractivity contribution >= 4 is 17.2 Å². The van der Waals surface area contributed by atoms with Crippen LogP contribution in [0.1, 0.15) is 54.3 Å². The molecule has 4 nitrogen and oxygen atoms in total. The van der Waals surface area contributed by atoms with Gasteiger partial charge in [0.1, 0.15) is 5.75 Å². The van der Waals surface area contributed by atoms with E-state index in [1.54, 1.807) is 17.4 Å². The molecule has 1 aromatic heterocycles. The maximum atomic E-state index is 12.3. The summed E-state index contributed by atoms with van der Waals surface area (Å²) in [6, 6.07) is 5.48. The van der Waals surface area contributed by atoms with Gasteiger partial charge in [-0.1, -0.05) is 20.8 Å². The molecule has 0 aliphatic carbocycles. The Morgan fingerprint density at radius 3 is 2.65 bits per heavy atom. The predicted octanol–water partition coefficient (Wildman–Crippen LogP) is 4.08. The molecule has 23 heavy (non-hydrogen) atoms. The Morgan fingerprint density at radius 2 is 2.09 bits per heavy atom. The Bertz CT molecular complexity index is 687. The monoisotopic (exact) mass is 332 g/mol. The van der Waals surface area contributed by atoms with E-state index < -0.39 is 0 Å². The Morgan fingerprint density at radius 1 is 1.35 bits per heavy atom. The molecule has 1 aromatic carbocycles. The predicted molar refractivity (Wildman–Crippen MR) is 94.3 cm³/mol. The average molecular weight is 332 g/mol. The molecule has 0 unspecified atom stereocenters. The maximum absolute atomic E-state index is 12.3. The van der Waals surface area contributed by atoms with Crippen molar-refractivity contribution in [2.75, 3.05) is 6.61 Å². The molecule has 0 aliphatic heterocycles. The smallest absolute Gasteiger partial charge is 0.251 e. The number of benzene rings is 1. The number of rotatable bonds is 5. The highest BCUT2D eigenvalue weighted by Gasteiger charge is 2.18. The number of nitrogens with zero attached hydrogens (tertiary/aromatic N) is 1. The Kier molecular flexibility index (Phi) is 5.42. The van der Waals surface area contributed by atoms with E-state index in [4.69, 9.17) is 4.74 Å². The molecule has 0 spiro atoms. The van der Waals surface area contributed by atoms with Gasteiger partial charge in [0.15, 0.2) is 0 Å². The van der Waals surface area contributed by atoms with Crippen LogP contribution in [0.4, 0.5) is 0 Å². The van der Waals surface area contributed by atoms with E-state index in [2.05, 4.69) is 31.1 Å². The van der Waals surface area contributed by atoms with Gasteiger partial charge in [0, 0.05) is 16.4 Å². The lowest BCUT2D eigenvalue weighted by Gasteiger charge is -2.13. The molecule has 0 fully saturated rings. The summed E-state index contributed by atoms with van der Waals surface area (Å²) < 4.78 is 5.49. The number of hydrogen-bond donors (Lipinski definition) is 1. The van der Waals surface area contributed by atoms with E-state index in [1.165, 1.54) is 0 Å². The second-order valence-electron chi connectivity index (χ2n) is 6.49. The van der Waals surface area contributed by atoms with Crippen LogP contribution >= 0.6 is 11.3 Å². The zero-order chi connectivity index (χ0) is 17.0. The number of aryl methyl sites for hydroxylation is 1. The van der Waals surface area contributed by atoms with Crippen LogP contribution in [-0.2, 0) is 12.0 Å². The van der Waals surface area contributed by atoms with Crippen LogP contribution in [-0.4, -0.2) is 17.5 Å². The van der Waals surface area contributed by atoms with Gasteiger partial charge in [0.2, 0.25) is 0 Å². The fourth-order valence-electron chi connectivity index (χ4n) is 2.11. The lowest BCUT2D eigenvalue weighted by atomic mass is 9.98. The molecule has 0 radical (unpaired) electrons. The van der Waals surface area contributed by atoms with Gasteiger partial charge < -0.3 is 10.1 Å². The van der Waals surface area contributed by atoms with Crippen molar-refractivity contribution in [2.45, 2.75) is 46.6 Å². The minimum atomic E-state index is -0.0959. The lowest BCUT2D eigenvalue weighted by Crippen LogP contribution is -2.23. The molecule has 0 atom stereocenters. The fourth-order valence-corrected chi connectivity index (χ4v) is 3.02. The Balaban J connectivity index is 1.99. The molecule has 0 aliphatic rings. The van der Waals surface area contributed by atoms with Crippen LogP contribution in [0.2, 0.25) is 0 Å². The summed E-state index contributed by atoms with van der Waals surface area (Å²) in [6.07, 6.45) is 0. The van der Waals surface area contributed by atoms with Crippen molar-refractivity contribution in [3.05, 3.63) is 45.4 Å². The highest BCUT2D eigenvalue weighted by atomic mass is 32.1. The van der Waals surface area contributed by atoms with Gasteiger partial charge in [-0.3, -0.25) is 4.79 Å². The highest BCUT2D eigenvalue weighted by Crippen LogP contribution is 2.25. The summed E-state index contributed by atoms with van der Waals surface area (Å²) in [5.74, 6) is 0.722. The number of ether oxygens (including phenoxy) is 1. The number of amides is 1. The number of hydrogen-bond acceptors (Lipinski definition) is 4. The van der Waals surface area contributed by atoms with Crippen molar-refractivity contribution in [3.63, 3.8) is 0 Å². The van der Waals surface area contributed by atoms with Gasteiger partial charge in [0.25, 0.3) is 5.91 Å². The van der Waals surface area contributed by atoms with E-state index in [-0.39, 0.29) is 11.3 Å². The van der Waals surface area contributed by atoms with Crippen LogP contribution in [0.5, 0.6) is 5.75 Å². The average Bonchev–Trinajstić information content (AvgIpc) is 2.96. The molecular formula is C18H24N2O2S. The SMILES string of the molecule is CCOc1ccc(C(=O)NCc2csc(C(C)(C)C)n2)cc1C. The van der Waals surface area contributed by atoms with Crippen molar-refractivity contribution in [1.29, 1.82) is 0 Å². The number of carbonyl (C=O) groups is 1. The highest BCUT2D eigenvalue weighted by molar-refractivity contribution is 7.09. The number of thiazole rings is 1. The third kappa shape index (κ3) is 4.55. The molecule has 0 saturated carbocycles. The van der Waals surface area contributed by atoms with E-state index in [9.17, 15) is 4.79 Å². The molecule has 0 saturated heterocycles. The first-order valence-electron chi connectivity index (χ1n) is 7.77. The lowest BCUT2D eigenvalue weighted by molar-refractivity contribution is 0.0950. The van der Waals surface area contributed by atoms with E-state index in [0.717, 1.165) is 22.0 Å². The first kappa shape index (κ1) is 17.5. The van der Waals surface area contributed by atoms with Gasteiger partial charge in [0.05, 0.1) is 23.9 Å². The second-order valence-corrected chi connectivity index (χ2v) is 7.35. The van der Waals surface area contributed by atoms with Crippen LogP contribution in [0, 0.1) is 6.92 Å². The fraction of sp³-hybridized carbons (Fsp3) is 0.444. The van der Waals surface area contributed by atoms with E-state index in [1.807, 2.05) is 31.4 Å². The van der Waals surface area contributed by atoms with Gasteiger partial charge in [-0.25, -0.2) is 4.98 Å². The van der Waals surface area contributed by atoms with E-state index >= 15 is 0 Å².